The van der Waals surface area contributed by atoms with E-state index in [4.69, 9.17) is 4.74 Å². The van der Waals surface area contributed by atoms with Crippen LogP contribution in [-0.4, -0.2) is 44.9 Å². The molecule has 1 saturated heterocycles. The molecule has 4 nitrogen and oxygen atoms in total. The van der Waals surface area contributed by atoms with Crippen molar-refractivity contribution < 1.29 is 4.74 Å². The zero-order valence-corrected chi connectivity index (χ0v) is 12.1. The second-order valence-electron chi connectivity index (χ2n) is 5.31. The van der Waals surface area contributed by atoms with E-state index < -0.39 is 0 Å². The van der Waals surface area contributed by atoms with Crippen molar-refractivity contribution in [3.8, 4) is 0 Å². The summed E-state index contributed by atoms with van der Waals surface area (Å²) in [5.74, 6) is 0.735. The first kappa shape index (κ1) is 14.3. The Morgan fingerprint density at radius 2 is 2.42 bits per heavy atom. The van der Waals surface area contributed by atoms with Crippen LogP contribution >= 0.6 is 0 Å². The molecule has 0 aliphatic carbocycles. The predicted molar refractivity (Wildman–Crippen MR) is 78.7 cm³/mol. The lowest BCUT2D eigenvalue weighted by atomic mass is 9.97. The molecule has 0 aromatic carbocycles. The van der Waals surface area contributed by atoms with Crippen LogP contribution in [0.3, 0.4) is 0 Å². The first-order valence-electron chi connectivity index (χ1n) is 7.17. The molecule has 2 heterocycles. The van der Waals surface area contributed by atoms with Gasteiger partial charge in [-0.3, -0.25) is 4.98 Å². The average molecular weight is 263 g/mol. The number of methoxy groups -OCH3 is 1. The summed E-state index contributed by atoms with van der Waals surface area (Å²) < 4.78 is 5.05. The van der Waals surface area contributed by atoms with Gasteiger partial charge in [-0.25, -0.2) is 0 Å². The van der Waals surface area contributed by atoms with Crippen molar-refractivity contribution in [1.82, 2.24) is 10.3 Å². The third-order valence-corrected chi connectivity index (χ3v) is 3.68. The quantitative estimate of drug-likeness (QED) is 0.795. The van der Waals surface area contributed by atoms with Crippen molar-refractivity contribution in [2.45, 2.75) is 19.8 Å². The fourth-order valence-electron chi connectivity index (χ4n) is 2.67. The number of nitrogens with zero attached hydrogens (tertiary/aromatic N) is 2. The lowest BCUT2D eigenvalue weighted by Crippen LogP contribution is -2.40. The molecular weight excluding hydrogens is 238 g/mol. The molecule has 0 bridgehead atoms. The number of nitrogens with one attached hydrogen (secondary N) is 1. The molecule has 1 aromatic heterocycles. The van der Waals surface area contributed by atoms with Gasteiger partial charge in [0.2, 0.25) is 0 Å². The SMILES string of the molecule is COCCNCC1CCCN(c2ccnc(C)c2)C1. The molecule has 1 unspecified atom stereocenters. The molecule has 2 rings (SSSR count). The predicted octanol–water partition coefficient (Wildman–Crippen LogP) is 1.84. The third kappa shape index (κ3) is 4.48. The van der Waals surface area contributed by atoms with Gasteiger partial charge in [-0.05, 0) is 44.4 Å². The maximum atomic E-state index is 5.05. The van der Waals surface area contributed by atoms with E-state index in [9.17, 15) is 0 Å². The van der Waals surface area contributed by atoms with Crippen LogP contribution in [0, 0.1) is 12.8 Å². The second-order valence-corrected chi connectivity index (χ2v) is 5.31. The number of ether oxygens (including phenoxy) is 1. The Morgan fingerprint density at radius 3 is 3.21 bits per heavy atom. The highest BCUT2D eigenvalue weighted by molar-refractivity contribution is 5.46. The van der Waals surface area contributed by atoms with E-state index in [1.165, 1.54) is 18.5 Å². The van der Waals surface area contributed by atoms with Gasteiger partial charge in [0.1, 0.15) is 0 Å². The van der Waals surface area contributed by atoms with E-state index in [1.807, 2.05) is 6.20 Å². The Labute approximate surface area is 116 Å². The van der Waals surface area contributed by atoms with Gasteiger partial charge in [0, 0.05) is 44.3 Å². The fourth-order valence-corrected chi connectivity index (χ4v) is 2.67. The van der Waals surface area contributed by atoms with Gasteiger partial charge in [0.25, 0.3) is 0 Å². The van der Waals surface area contributed by atoms with Crippen molar-refractivity contribution in [3.63, 3.8) is 0 Å². The van der Waals surface area contributed by atoms with Crippen molar-refractivity contribution in [2.75, 3.05) is 44.8 Å². The smallest absolute Gasteiger partial charge is 0.0587 e. The summed E-state index contributed by atoms with van der Waals surface area (Å²) in [6.07, 6.45) is 4.50. The van der Waals surface area contributed by atoms with Gasteiger partial charge in [-0.1, -0.05) is 0 Å². The maximum Gasteiger partial charge on any atom is 0.0587 e. The topological polar surface area (TPSA) is 37.4 Å². The molecule has 1 aliphatic rings. The molecule has 106 valence electrons. The standard InChI is InChI=1S/C15H25N3O/c1-13-10-15(5-6-17-13)18-8-3-4-14(12-18)11-16-7-9-19-2/h5-6,10,14,16H,3-4,7-9,11-12H2,1-2H3. The lowest BCUT2D eigenvalue weighted by Gasteiger charge is -2.34. The van der Waals surface area contributed by atoms with Crippen molar-refractivity contribution >= 4 is 5.69 Å². The Kier molecular flexibility index (Phi) is 5.61. The number of anilines is 1. The summed E-state index contributed by atoms with van der Waals surface area (Å²) in [6, 6.07) is 4.30. The zero-order valence-electron chi connectivity index (χ0n) is 12.1. The highest BCUT2D eigenvalue weighted by Gasteiger charge is 2.19. The van der Waals surface area contributed by atoms with Crippen LogP contribution in [0.5, 0.6) is 0 Å². The van der Waals surface area contributed by atoms with Crippen LogP contribution in [-0.2, 0) is 4.74 Å². The first-order valence-corrected chi connectivity index (χ1v) is 7.17. The molecule has 0 saturated carbocycles. The van der Waals surface area contributed by atoms with Gasteiger partial charge in [-0.2, -0.15) is 0 Å². The van der Waals surface area contributed by atoms with Gasteiger partial charge in [-0.15, -0.1) is 0 Å². The molecule has 1 N–H and O–H groups in total. The highest BCUT2D eigenvalue weighted by atomic mass is 16.5. The summed E-state index contributed by atoms with van der Waals surface area (Å²) in [5, 5.41) is 3.48. The van der Waals surface area contributed by atoms with Crippen LogP contribution < -0.4 is 10.2 Å². The van der Waals surface area contributed by atoms with Gasteiger partial charge in [0.15, 0.2) is 0 Å². The number of aryl methyl sites for hydroxylation is 1. The summed E-state index contributed by atoms with van der Waals surface area (Å²) in [7, 11) is 1.75. The highest BCUT2D eigenvalue weighted by Crippen LogP contribution is 2.22. The molecule has 4 heteroatoms. The number of hydrogen-bond donors (Lipinski definition) is 1. The largest absolute Gasteiger partial charge is 0.383 e. The number of aromatic nitrogens is 1. The van der Waals surface area contributed by atoms with Crippen molar-refractivity contribution in [3.05, 3.63) is 24.0 Å². The van der Waals surface area contributed by atoms with Crippen molar-refractivity contribution in [1.29, 1.82) is 0 Å². The minimum Gasteiger partial charge on any atom is -0.383 e. The Hall–Kier alpha value is -1.13. The summed E-state index contributed by atoms with van der Waals surface area (Å²) >= 11 is 0. The van der Waals surface area contributed by atoms with E-state index in [2.05, 4.69) is 34.3 Å². The molecule has 1 fully saturated rings. The molecule has 1 atom stereocenters. The third-order valence-electron chi connectivity index (χ3n) is 3.68. The molecule has 0 spiro atoms. The number of hydrogen-bond acceptors (Lipinski definition) is 4. The molecule has 1 aromatic rings. The van der Waals surface area contributed by atoms with Gasteiger partial charge >= 0.3 is 0 Å². The fraction of sp³-hybridized carbons (Fsp3) is 0.667. The van der Waals surface area contributed by atoms with Crippen LogP contribution in [0.4, 0.5) is 5.69 Å². The van der Waals surface area contributed by atoms with Gasteiger partial charge < -0.3 is 15.0 Å². The van der Waals surface area contributed by atoms with Gasteiger partial charge in [0.05, 0.1) is 6.61 Å². The van der Waals surface area contributed by atoms with E-state index in [0.29, 0.717) is 0 Å². The maximum absolute atomic E-state index is 5.05. The summed E-state index contributed by atoms with van der Waals surface area (Å²) in [5.41, 5.74) is 2.41. The number of piperidine rings is 1. The van der Waals surface area contributed by atoms with Crippen LogP contribution in [0.15, 0.2) is 18.3 Å². The monoisotopic (exact) mass is 263 g/mol. The van der Waals surface area contributed by atoms with Crippen molar-refractivity contribution in [2.24, 2.45) is 5.92 Å². The number of pyridine rings is 1. The summed E-state index contributed by atoms with van der Waals surface area (Å²) in [4.78, 5) is 6.76. The minimum absolute atomic E-state index is 0.735. The van der Waals surface area contributed by atoms with E-state index in [1.54, 1.807) is 7.11 Å². The van der Waals surface area contributed by atoms with Crippen LogP contribution in [0.25, 0.3) is 0 Å². The van der Waals surface area contributed by atoms with Crippen LogP contribution in [0.2, 0.25) is 0 Å². The summed E-state index contributed by atoms with van der Waals surface area (Å²) in [6.45, 7) is 7.18. The molecule has 19 heavy (non-hydrogen) atoms. The molecule has 0 amide bonds. The van der Waals surface area contributed by atoms with E-state index in [-0.39, 0.29) is 0 Å². The molecular formula is C15H25N3O. The van der Waals surface area contributed by atoms with E-state index >= 15 is 0 Å². The van der Waals surface area contributed by atoms with E-state index in [0.717, 1.165) is 44.4 Å². The Morgan fingerprint density at radius 1 is 1.53 bits per heavy atom. The zero-order chi connectivity index (χ0) is 13.5. The lowest BCUT2D eigenvalue weighted by molar-refractivity contribution is 0.197. The molecule has 0 radical (unpaired) electrons. The van der Waals surface area contributed by atoms with Crippen LogP contribution in [0.1, 0.15) is 18.5 Å². The minimum atomic E-state index is 0.735. The normalized spacial score (nSPS) is 19.7. The average Bonchev–Trinajstić information content (AvgIpc) is 2.44. The Bertz CT molecular complexity index is 383. The Balaban J connectivity index is 1.83. The number of rotatable bonds is 6. The molecule has 1 aliphatic heterocycles. The second kappa shape index (κ2) is 7.46. The first-order chi connectivity index (χ1) is 9.29.